The molecular formula is C22H27N3O6. The third-order valence-electron chi connectivity index (χ3n) is 5.35. The number of benzene rings is 1. The van der Waals surface area contributed by atoms with Gasteiger partial charge in [-0.25, -0.2) is 0 Å². The Labute approximate surface area is 180 Å². The Bertz CT molecular complexity index is 876. The van der Waals surface area contributed by atoms with Gasteiger partial charge in [0.2, 0.25) is 11.8 Å². The molecule has 0 aromatic heterocycles. The van der Waals surface area contributed by atoms with Crippen molar-refractivity contribution in [2.24, 2.45) is 5.92 Å². The zero-order chi connectivity index (χ0) is 22.5. The fourth-order valence-electron chi connectivity index (χ4n) is 3.48. The van der Waals surface area contributed by atoms with Gasteiger partial charge in [-0.05, 0) is 12.3 Å². The van der Waals surface area contributed by atoms with Crippen LogP contribution in [0.2, 0.25) is 0 Å². The lowest BCUT2D eigenvalue weighted by molar-refractivity contribution is -0.150. The van der Waals surface area contributed by atoms with Crippen molar-refractivity contribution in [3.05, 3.63) is 41.7 Å². The van der Waals surface area contributed by atoms with E-state index in [1.165, 1.54) is 4.90 Å². The average molecular weight is 429 g/mol. The zero-order valence-corrected chi connectivity index (χ0v) is 17.5. The Hall–Kier alpha value is -3.36. The summed E-state index contributed by atoms with van der Waals surface area (Å²) in [5.41, 5.74) is 1.67. The highest BCUT2D eigenvalue weighted by Gasteiger charge is 2.42. The molecule has 1 aromatic carbocycles. The number of carbonyl (C=O) groups is 4. The van der Waals surface area contributed by atoms with E-state index in [0.717, 1.165) is 17.0 Å². The maximum atomic E-state index is 13.3. The molecule has 0 saturated carbocycles. The van der Waals surface area contributed by atoms with Crippen LogP contribution in [-0.2, 0) is 23.9 Å². The van der Waals surface area contributed by atoms with E-state index in [2.05, 4.69) is 10.6 Å². The highest BCUT2D eigenvalue weighted by molar-refractivity contribution is 5.93. The molecule has 3 rings (SSSR count). The molecule has 0 spiro atoms. The van der Waals surface area contributed by atoms with E-state index in [4.69, 9.17) is 9.84 Å². The molecule has 3 unspecified atom stereocenters. The van der Waals surface area contributed by atoms with Crippen molar-refractivity contribution < 1.29 is 29.0 Å². The lowest BCUT2D eigenvalue weighted by Gasteiger charge is -2.42. The Balaban J connectivity index is 1.70. The molecule has 0 radical (unpaired) electrons. The van der Waals surface area contributed by atoms with E-state index < -0.39 is 36.4 Å². The van der Waals surface area contributed by atoms with Crippen molar-refractivity contribution in [2.45, 2.75) is 44.8 Å². The molecule has 9 nitrogen and oxygen atoms in total. The van der Waals surface area contributed by atoms with Gasteiger partial charge in [-0.1, -0.05) is 44.2 Å². The molecule has 2 aliphatic heterocycles. The molecule has 0 aliphatic carbocycles. The third-order valence-corrected chi connectivity index (χ3v) is 5.35. The topological polar surface area (TPSA) is 128 Å². The van der Waals surface area contributed by atoms with E-state index in [1.807, 2.05) is 44.2 Å². The van der Waals surface area contributed by atoms with Crippen LogP contribution in [0, 0.1) is 5.92 Å². The molecule has 2 saturated heterocycles. The van der Waals surface area contributed by atoms with Gasteiger partial charge in [-0.15, -0.1) is 0 Å². The van der Waals surface area contributed by atoms with Crippen LogP contribution >= 0.6 is 0 Å². The van der Waals surface area contributed by atoms with Crippen LogP contribution in [0.4, 0.5) is 0 Å². The molecule has 2 aliphatic rings. The second-order valence-electron chi connectivity index (χ2n) is 8.00. The van der Waals surface area contributed by atoms with Gasteiger partial charge in [0.15, 0.2) is 5.76 Å². The van der Waals surface area contributed by atoms with Crippen LogP contribution in [0.25, 0.3) is 5.70 Å². The van der Waals surface area contributed by atoms with Gasteiger partial charge in [0.05, 0.1) is 18.2 Å². The summed E-state index contributed by atoms with van der Waals surface area (Å²) in [4.78, 5) is 49.2. The molecule has 166 valence electrons. The summed E-state index contributed by atoms with van der Waals surface area (Å²) in [5, 5.41) is 14.6. The molecule has 9 heteroatoms. The number of amides is 2. The van der Waals surface area contributed by atoms with Crippen molar-refractivity contribution in [1.29, 1.82) is 0 Å². The second-order valence-corrected chi connectivity index (χ2v) is 8.00. The maximum absolute atomic E-state index is 13.3. The minimum absolute atomic E-state index is 0.0652. The van der Waals surface area contributed by atoms with Gasteiger partial charge < -0.3 is 30.2 Å². The minimum atomic E-state index is -1.19. The number of epoxide rings is 1. The second kappa shape index (κ2) is 9.63. The van der Waals surface area contributed by atoms with Crippen molar-refractivity contribution in [3.63, 3.8) is 0 Å². The Morgan fingerprint density at radius 3 is 2.39 bits per heavy atom. The molecule has 31 heavy (non-hydrogen) atoms. The van der Waals surface area contributed by atoms with Crippen LogP contribution in [0.5, 0.6) is 0 Å². The number of hydrogen-bond donors (Lipinski definition) is 3. The van der Waals surface area contributed by atoms with Crippen molar-refractivity contribution in [3.8, 4) is 0 Å². The first kappa shape index (κ1) is 22.3. The number of carboxylic acid groups (broad SMARTS) is 1. The summed E-state index contributed by atoms with van der Waals surface area (Å²) in [7, 11) is 0. The van der Waals surface area contributed by atoms with E-state index >= 15 is 0 Å². The smallest absolute Gasteiger partial charge is 0.305 e. The minimum Gasteiger partial charge on any atom is -0.484 e. The monoisotopic (exact) mass is 429 g/mol. The number of nitrogens with one attached hydrogen (secondary N) is 2. The predicted molar refractivity (Wildman–Crippen MR) is 111 cm³/mol. The fourth-order valence-corrected chi connectivity index (χ4v) is 3.48. The average Bonchev–Trinajstić information content (AvgIpc) is 3.52. The first-order valence-electron chi connectivity index (χ1n) is 10.3. The highest BCUT2D eigenvalue weighted by atomic mass is 16.6. The maximum Gasteiger partial charge on any atom is 0.305 e. The number of rotatable bonds is 10. The molecule has 2 amide bonds. The summed E-state index contributed by atoms with van der Waals surface area (Å²) in [6.07, 6.45) is 0.347. The number of carbonyl (C=O) groups excluding carboxylic acids is 3. The third kappa shape index (κ3) is 5.42. The SMILES string of the molecule is CC(C)C(N/C(=C1\CO1)c1ccccc1)C(=O)N1CCC1C(=O)NC(C=O)CC(=O)O. The van der Waals surface area contributed by atoms with E-state index in [-0.39, 0.29) is 11.8 Å². The summed E-state index contributed by atoms with van der Waals surface area (Å²) in [6, 6.07) is 7.15. The van der Waals surface area contributed by atoms with E-state index in [1.54, 1.807) is 0 Å². The standard InChI is InChI=1S/C22H27N3O6/c1-13(2)19(24-20(17-12-31-17)14-6-4-3-5-7-14)22(30)25-9-8-16(25)21(29)23-15(11-26)10-18(27)28/h3-7,11,13,15-16,19,24H,8-10,12H2,1-2H3,(H,23,29)(H,27,28)/b20-17+. The number of carboxylic acids is 1. The Morgan fingerprint density at radius 1 is 1.23 bits per heavy atom. The van der Waals surface area contributed by atoms with Gasteiger partial charge in [0, 0.05) is 12.1 Å². The summed E-state index contributed by atoms with van der Waals surface area (Å²) in [5.74, 6) is -1.22. The van der Waals surface area contributed by atoms with Crippen LogP contribution < -0.4 is 10.6 Å². The molecule has 2 fully saturated rings. The van der Waals surface area contributed by atoms with Crippen molar-refractivity contribution >= 4 is 29.8 Å². The number of aliphatic carboxylic acids is 1. The lowest BCUT2D eigenvalue weighted by atomic mass is 9.95. The lowest BCUT2D eigenvalue weighted by Crippen LogP contribution is -2.63. The summed E-state index contributed by atoms with van der Waals surface area (Å²) < 4.78 is 5.38. The van der Waals surface area contributed by atoms with Gasteiger partial charge in [0.1, 0.15) is 25.0 Å². The fraction of sp³-hybridized carbons (Fsp3) is 0.455. The molecule has 1 aromatic rings. The van der Waals surface area contributed by atoms with Crippen molar-refractivity contribution in [2.75, 3.05) is 13.2 Å². The normalized spacial score (nSPS) is 20.6. The van der Waals surface area contributed by atoms with E-state index in [0.29, 0.717) is 25.9 Å². The van der Waals surface area contributed by atoms with Crippen molar-refractivity contribution in [1.82, 2.24) is 15.5 Å². The molecule has 0 bridgehead atoms. The van der Waals surface area contributed by atoms with Gasteiger partial charge >= 0.3 is 5.97 Å². The number of aldehydes is 1. The van der Waals surface area contributed by atoms with E-state index in [9.17, 15) is 19.2 Å². The predicted octanol–water partition coefficient (Wildman–Crippen LogP) is 0.759. The zero-order valence-electron chi connectivity index (χ0n) is 17.5. The molecular weight excluding hydrogens is 402 g/mol. The first-order valence-corrected chi connectivity index (χ1v) is 10.3. The van der Waals surface area contributed by atoms with Gasteiger partial charge in [0.25, 0.3) is 0 Å². The van der Waals surface area contributed by atoms with Crippen LogP contribution in [0.3, 0.4) is 0 Å². The first-order chi connectivity index (χ1) is 14.8. The van der Waals surface area contributed by atoms with Crippen LogP contribution in [0.1, 0.15) is 32.3 Å². The summed E-state index contributed by atoms with van der Waals surface area (Å²) >= 11 is 0. The molecule has 2 heterocycles. The number of ether oxygens (including phenoxy) is 1. The largest absolute Gasteiger partial charge is 0.484 e. The summed E-state index contributed by atoms with van der Waals surface area (Å²) in [6.45, 7) is 4.75. The Morgan fingerprint density at radius 2 is 1.90 bits per heavy atom. The quantitative estimate of drug-likeness (QED) is 0.370. The molecule has 3 N–H and O–H groups in total. The Kier molecular flexibility index (Phi) is 6.94. The number of hydrogen-bond acceptors (Lipinski definition) is 6. The number of nitrogens with zero attached hydrogens (tertiary/aromatic N) is 1. The number of likely N-dealkylation sites (tertiary alicyclic amines) is 1. The van der Waals surface area contributed by atoms with Crippen LogP contribution in [0.15, 0.2) is 36.1 Å². The van der Waals surface area contributed by atoms with Gasteiger partial charge in [-0.3, -0.25) is 14.4 Å². The molecule has 3 atom stereocenters. The highest BCUT2D eigenvalue weighted by Crippen LogP contribution is 2.28. The van der Waals surface area contributed by atoms with Crippen LogP contribution in [-0.4, -0.2) is 65.4 Å². The van der Waals surface area contributed by atoms with Gasteiger partial charge in [-0.2, -0.15) is 0 Å².